The molecule has 1 heterocycles. The summed E-state index contributed by atoms with van der Waals surface area (Å²) in [6, 6.07) is 4.45. The molecule has 0 radical (unpaired) electrons. The van der Waals surface area contributed by atoms with E-state index in [0.29, 0.717) is 11.6 Å². The number of nitrogens with one attached hydrogen (secondary N) is 1. The molecule has 1 aromatic rings. The number of hydrogen-bond acceptors (Lipinski definition) is 2. The molecule has 0 bridgehead atoms. The number of aryl methyl sites for hydroxylation is 1. The average molecular weight is 309 g/mol. The largest absolute Gasteiger partial charge is 0.416 e. The molecule has 0 unspecified atom stereocenters. The summed E-state index contributed by atoms with van der Waals surface area (Å²) in [5.74, 6) is 0. The maximum atomic E-state index is 12.6. The number of benzene rings is 1. The van der Waals surface area contributed by atoms with Crippen molar-refractivity contribution in [1.82, 2.24) is 10.2 Å². The van der Waals surface area contributed by atoms with E-state index >= 15 is 0 Å². The van der Waals surface area contributed by atoms with E-state index in [1.54, 1.807) is 13.0 Å². The van der Waals surface area contributed by atoms with E-state index in [2.05, 4.69) is 17.1 Å². The van der Waals surface area contributed by atoms with Gasteiger partial charge >= 0.3 is 6.18 Å². The molecule has 1 fully saturated rings. The van der Waals surface area contributed by atoms with Gasteiger partial charge in [-0.2, -0.15) is 13.2 Å². The van der Waals surface area contributed by atoms with Crippen LogP contribution in [0.4, 0.5) is 13.2 Å². The molecule has 1 saturated heterocycles. The molecule has 0 aliphatic carbocycles. The molecule has 1 atom stereocenters. The molecule has 2 rings (SSSR count). The highest BCUT2D eigenvalue weighted by Gasteiger charge is 2.30. The summed E-state index contributed by atoms with van der Waals surface area (Å²) in [7, 11) is 0. The van der Waals surface area contributed by atoms with Crippen LogP contribution in [0.15, 0.2) is 18.2 Å². The smallest absolute Gasteiger partial charge is 0.312 e. The van der Waals surface area contributed by atoms with E-state index in [0.717, 1.165) is 31.7 Å². The maximum absolute atomic E-state index is 12.6. The minimum atomic E-state index is -4.26. The summed E-state index contributed by atoms with van der Waals surface area (Å²) >= 11 is 0. The van der Waals surface area contributed by atoms with E-state index in [1.807, 2.05) is 0 Å². The third-order valence-corrected chi connectivity index (χ3v) is 3.52. The van der Waals surface area contributed by atoms with Gasteiger partial charge in [0, 0.05) is 32.2 Å². The summed E-state index contributed by atoms with van der Waals surface area (Å²) in [5, 5.41) is 3.35. The summed E-state index contributed by atoms with van der Waals surface area (Å²) in [6.07, 6.45) is -4.26. The fourth-order valence-corrected chi connectivity index (χ4v) is 2.45. The summed E-state index contributed by atoms with van der Waals surface area (Å²) in [6.45, 7) is 7.38. The Bertz CT molecular complexity index is 449. The molecule has 1 aliphatic rings. The minimum absolute atomic E-state index is 0. The summed E-state index contributed by atoms with van der Waals surface area (Å²) in [4.78, 5) is 2.27. The van der Waals surface area contributed by atoms with Gasteiger partial charge in [-0.05, 0) is 37.1 Å². The van der Waals surface area contributed by atoms with Crippen LogP contribution < -0.4 is 5.32 Å². The molecule has 0 amide bonds. The van der Waals surface area contributed by atoms with Crippen molar-refractivity contribution in [2.45, 2.75) is 32.6 Å². The Labute approximate surface area is 123 Å². The van der Waals surface area contributed by atoms with E-state index < -0.39 is 11.7 Å². The number of halogens is 4. The standard InChI is InChI=1S/C14H19F3N2.ClH/c1-10-7-13(14(15,16)17)4-3-12(10)9-19-6-5-18-11(2)8-19;/h3-4,7,11,18H,5-6,8-9H2,1-2H3;1H/t11-;/m0./s1. The Morgan fingerprint density at radius 2 is 2.05 bits per heavy atom. The third-order valence-electron chi connectivity index (χ3n) is 3.52. The molecule has 1 aliphatic heterocycles. The van der Waals surface area contributed by atoms with Crippen LogP contribution in [-0.4, -0.2) is 30.6 Å². The number of alkyl halides is 3. The predicted octanol–water partition coefficient (Wildman–Crippen LogP) is 3.23. The number of hydrogen-bond donors (Lipinski definition) is 1. The molecular formula is C14H20ClF3N2. The maximum Gasteiger partial charge on any atom is 0.416 e. The monoisotopic (exact) mass is 308 g/mol. The molecule has 1 aromatic carbocycles. The van der Waals surface area contributed by atoms with E-state index in [1.165, 1.54) is 12.1 Å². The van der Waals surface area contributed by atoms with Crippen LogP contribution >= 0.6 is 12.4 Å². The van der Waals surface area contributed by atoms with Gasteiger partial charge in [-0.25, -0.2) is 0 Å². The zero-order valence-electron chi connectivity index (χ0n) is 11.6. The summed E-state index contributed by atoms with van der Waals surface area (Å²) in [5.41, 5.74) is 1.12. The van der Waals surface area contributed by atoms with Crippen LogP contribution in [0.3, 0.4) is 0 Å². The molecule has 6 heteroatoms. The lowest BCUT2D eigenvalue weighted by Gasteiger charge is -2.32. The van der Waals surface area contributed by atoms with Crippen molar-refractivity contribution in [2.75, 3.05) is 19.6 Å². The second-order valence-corrected chi connectivity index (χ2v) is 5.23. The fraction of sp³-hybridized carbons (Fsp3) is 0.571. The first-order chi connectivity index (χ1) is 8.86. The average Bonchev–Trinajstić information content (AvgIpc) is 2.30. The molecule has 0 saturated carbocycles. The number of nitrogens with zero attached hydrogens (tertiary/aromatic N) is 1. The first kappa shape index (κ1) is 17.3. The lowest BCUT2D eigenvalue weighted by Crippen LogP contribution is -2.48. The number of piperazine rings is 1. The van der Waals surface area contributed by atoms with Gasteiger partial charge in [0.25, 0.3) is 0 Å². The van der Waals surface area contributed by atoms with Crippen molar-refractivity contribution in [2.24, 2.45) is 0 Å². The molecular weight excluding hydrogens is 289 g/mol. The minimum Gasteiger partial charge on any atom is -0.312 e. The molecule has 2 nitrogen and oxygen atoms in total. The molecule has 20 heavy (non-hydrogen) atoms. The SMILES string of the molecule is Cc1cc(C(F)(F)F)ccc1CN1CCN[C@@H](C)C1.Cl. The van der Waals surface area contributed by atoms with E-state index in [9.17, 15) is 13.2 Å². The first-order valence-corrected chi connectivity index (χ1v) is 6.49. The van der Waals surface area contributed by atoms with Crippen LogP contribution in [-0.2, 0) is 12.7 Å². The second-order valence-electron chi connectivity index (χ2n) is 5.23. The fourth-order valence-electron chi connectivity index (χ4n) is 2.45. The lowest BCUT2D eigenvalue weighted by atomic mass is 10.0. The molecule has 114 valence electrons. The highest BCUT2D eigenvalue weighted by molar-refractivity contribution is 5.85. The Morgan fingerprint density at radius 3 is 2.60 bits per heavy atom. The Kier molecular flexibility index (Phi) is 5.86. The second kappa shape index (κ2) is 6.78. The normalized spacial score (nSPS) is 20.6. The first-order valence-electron chi connectivity index (χ1n) is 6.49. The predicted molar refractivity (Wildman–Crippen MR) is 76.2 cm³/mol. The van der Waals surface area contributed by atoms with Gasteiger partial charge in [0.1, 0.15) is 0 Å². The lowest BCUT2D eigenvalue weighted by molar-refractivity contribution is -0.137. The van der Waals surface area contributed by atoms with Gasteiger partial charge in [-0.1, -0.05) is 6.07 Å². The topological polar surface area (TPSA) is 15.3 Å². The van der Waals surface area contributed by atoms with Gasteiger partial charge in [0.15, 0.2) is 0 Å². The molecule has 1 N–H and O–H groups in total. The van der Waals surface area contributed by atoms with E-state index in [-0.39, 0.29) is 12.4 Å². The van der Waals surface area contributed by atoms with Crippen LogP contribution in [0.2, 0.25) is 0 Å². The van der Waals surface area contributed by atoms with Gasteiger partial charge in [-0.15, -0.1) is 12.4 Å². The third kappa shape index (κ3) is 4.36. The summed E-state index contributed by atoms with van der Waals surface area (Å²) < 4.78 is 37.8. The van der Waals surface area contributed by atoms with Crippen molar-refractivity contribution < 1.29 is 13.2 Å². The van der Waals surface area contributed by atoms with Crippen molar-refractivity contribution >= 4 is 12.4 Å². The Hall–Kier alpha value is -0.780. The van der Waals surface area contributed by atoms with Crippen molar-refractivity contribution in [3.8, 4) is 0 Å². The Morgan fingerprint density at radius 1 is 1.35 bits per heavy atom. The van der Waals surface area contributed by atoms with Crippen molar-refractivity contribution in [3.63, 3.8) is 0 Å². The van der Waals surface area contributed by atoms with Crippen LogP contribution in [0.25, 0.3) is 0 Å². The highest BCUT2D eigenvalue weighted by Crippen LogP contribution is 2.30. The van der Waals surface area contributed by atoms with Crippen molar-refractivity contribution in [3.05, 3.63) is 34.9 Å². The van der Waals surface area contributed by atoms with Gasteiger partial charge in [0.2, 0.25) is 0 Å². The van der Waals surface area contributed by atoms with E-state index in [4.69, 9.17) is 0 Å². The number of rotatable bonds is 2. The quantitative estimate of drug-likeness (QED) is 0.902. The molecule has 0 spiro atoms. The van der Waals surface area contributed by atoms with Gasteiger partial charge in [0.05, 0.1) is 5.56 Å². The van der Waals surface area contributed by atoms with Crippen molar-refractivity contribution in [1.29, 1.82) is 0 Å². The van der Waals surface area contributed by atoms with Gasteiger partial charge in [-0.3, -0.25) is 4.90 Å². The highest BCUT2D eigenvalue weighted by atomic mass is 35.5. The Balaban J connectivity index is 0.00000200. The van der Waals surface area contributed by atoms with Crippen LogP contribution in [0.1, 0.15) is 23.6 Å². The molecule has 0 aromatic heterocycles. The van der Waals surface area contributed by atoms with Gasteiger partial charge < -0.3 is 5.32 Å². The van der Waals surface area contributed by atoms with Crippen LogP contribution in [0.5, 0.6) is 0 Å². The zero-order chi connectivity index (χ0) is 14.0. The van der Waals surface area contributed by atoms with Crippen LogP contribution in [0, 0.1) is 6.92 Å². The zero-order valence-corrected chi connectivity index (χ0v) is 12.4.